The van der Waals surface area contributed by atoms with Crippen LogP contribution in [0, 0.1) is 0 Å². The predicted octanol–water partition coefficient (Wildman–Crippen LogP) is 3.98. The van der Waals surface area contributed by atoms with Crippen LogP contribution in [0.1, 0.15) is 19.2 Å². The number of hydrogen-bond donors (Lipinski definition) is 1. The third-order valence-corrected chi connectivity index (χ3v) is 5.66. The lowest BCUT2D eigenvalue weighted by molar-refractivity contribution is -0.144. The van der Waals surface area contributed by atoms with Gasteiger partial charge in [0.25, 0.3) is 0 Å². The standard InChI is InChI=1S/C21H26N4O2S/c1-21(26-11-12-27-21)9-10-22-19-18-16(15-7-5-4-6-8-15)14-28-20(18)24-17(23-19)13-25(2)3/h4-8,14H,9-13H2,1-3H3,(H,22,23,24). The third-order valence-electron chi connectivity index (χ3n) is 4.79. The molecule has 3 heterocycles. The summed E-state index contributed by atoms with van der Waals surface area (Å²) in [7, 11) is 4.06. The zero-order valence-corrected chi connectivity index (χ0v) is 17.4. The Bertz CT molecular complexity index is 936. The highest BCUT2D eigenvalue weighted by Gasteiger charge is 2.30. The molecular weight excluding hydrogens is 372 g/mol. The van der Waals surface area contributed by atoms with Gasteiger partial charge in [0, 0.05) is 23.9 Å². The molecule has 4 rings (SSSR count). The minimum Gasteiger partial charge on any atom is -0.369 e. The molecular formula is C21H26N4O2S. The van der Waals surface area contributed by atoms with E-state index < -0.39 is 5.79 Å². The number of fused-ring (bicyclic) bond motifs is 1. The van der Waals surface area contributed by atoms with E-state index in [9.17, 15) is 0 Å². The summed E-state index contributed by atoms with van der Waals surface area (Å²) >= 11 is 1.66. The molecule has 6 nitrogen and oxygen atoms in total. The predicted molar refractivity (Wildman–Crippen MR) is 114 cm³/mol. The topological polar surface area (TPSA) is 59.5 Å². The molecule has 148 valence electrons. The Hall–Kier alpha value is -2.06. The highest BCUT2D eigenvalue weighted by molar-refractivity contribution is 7.17. The molecule has 1 aliphatic rings. The number of rotatable bonds is 7. The molecule has 2 aromatic heterocycles. The van der Waals surface area contributed by atoms with Crippen LogP contribution >= 0.6 is 11.3 Å². The Labute approximate surface area is 169 Å². The van der Waals surface area contributed by atoms with Crippen LogP contribution in [0.15, 0.2) is 35.7 Å². The van der Waals surface area contributed by atoms with E-state index in [1.807, 2.05) is 27.1 Å². The maximum Gasteiger partial charge on any atom is 0.167 e. The maximum atomic E-state index is 5.72. The summed E-state index contributed by atoms with van der Waals surface area (Å²) in [5, 5.41) is 6.78. The van der Waals surface area contributed by atoms with Crippen molar-refractivity contribution in [3.63, 3.8) is 0 Å². The van der Waals surface area contributed by atoms with Crippen LogP contribution in [-0.4, -0.2) is 54.5 Å². The highest BCUT2D eigenvalue weighted by Crippen LogP contribution is 2.37. The average molecular weight is 399 g/mol. The van der Waals surface area contributed by atoms with Crippen molar-refractivity contribution < 1.29 is 9.47 Å². The fourth-order valence-corrected chi connectivity index (χ4v) is 4.37. The maximum absolute atomic E-state index is 5.72. The molecule has 28 heavy (non-hydrogen) atoms. The van der Waals surface area contributed by atoms with E-state index in [0.29, 0.717) is 26.3 Å². The quantitative estimate of drug-likeness (QED) is 0.650. The second-order valence-electron chi connectivity index (χ2n) is 7.43. The normalized spacial score (nSPS) is 16.1. The number of nitrogens with one attached hydrogen (secondary N) is 1. The van der Waals surface area contributed by atoms with Gasteiger partial charge < -0.3 is 19.7 Å². The van der Waals surface area contributed by atoms with Crippen molar-refractivity contribution in [3.8, 4) is 11.1 Å². The van der Waals surface area contributed by atoms with Gasteiger partial charge in [0.15, 0.2) is 5.79 Å². The van der Waals surface area contributed by atoms with Crippen LogP contribution in [-0.2, 0) is 16.0 Å². The second-order valence-corrected chi connectivity index (χ2v) is 8.29. The minimum absolute atomic E-state index is 0.511. The first-order valence-electron chi connectivity index (χ1n) is 9.54. The molecule has 1 fully saturated rings. The van der Waals surface area contributed by atoms with E-state index in [1.165, 1.54) is 11.1 Å². The number of hydrogen-bond acceptors (Lipinski definition) is 7. The fraction of sp³-hybridized carbons (Fsp3) is 0.429. The van der Waals surface area contributed by atoms with Gasteiger partial charge in [-0.1, -0.05) is 30.3 Å². The summed E-state index contributed by atoms with van der Waals surface area (Å²) in [5.41, 5.74) is 2.34. The summed E-state index contributed by atoms with van der Waals surface area (Å²) in [4.78, 5) is 12.7. The number of nitrogens with zero attached hydrogens (tertiary/aromatic N) is 3. The first kappa shape index (κ1) is 19.3. The van der Waals surface area contributed by atoms with Crippen LogP contribution in [0.25, 0.3) is 21.3 Å². The van der Waals surface area contributed by atoms with Crippen molar-refractivity contribution in [2.24, 2.45) is 0 Å². The number of thiophene rings is 1. The number of ether oxygens (including phenoxy) is 2. The average Bonchev–Trinajstić information content (AvgIpc) is 3.29. The molecule has 0 radical (unpaired) electrons. The van der Waals surface area contributed by atoms with Gasteiger partial charge in [0.1, 0.15) is 16.5 Å². The molecule has 1 aliphatic heterocycles. The van der Waals surface area contributed by atoms with Crippen LogP contribution < -0.4 is 5.32 Å². The molecule has 0 amide bonds. The number of anilines is 1. The Kier molecular flexibility index (Phi) is 5.59. The first-order valence-corrected chi connectivity index (χ1v) is 10.4. The van der Waals surface area contributed by atoms with E-state index in [4.69, 9.17) is 19.4 Å². The molecule has 0 saturated carbocycles. The summed E-state index contributed by atoms with van der Waals surface area (Å²) < 4.78 is 11.4. The van der Waals surface area contributed by atoms with E-state index in [-0.39, 0.29) is 0 Å². The van der Waals surface area contributed by atoms with Gasteiger partial charge in [-0.2, -0.15) is 0 Å². The van der Waals surface area contributed by atoms with Gasteiger partial charge in [-0.15, -0.1) is 11.3 Å². The van der Waals surface area contributed by atoms with Crippen LogP contribution in [0.5, 0.6) is 0 Å². The Morgan fingerprint density at radius 3 is 2.61 bits per heavy atom. The molecule has 0 spiro atoms. The Morgan fingerprint density at radius 2 is 1.89 bits per heavy atom. The third kappa shape index (κ3) is 4.17. The van der Waals surface area contributed by atoms with E-state index in [2.05, 4.69) is 39.9 Å². The Morgan fingerprint density at radius 1 is 1.14 bits per heavy atom. The Balaban J connectivity index is 1.67. The summed E-state index contributed by atoms with van der Waals surface area (Å²) in [6, 6.07) is 10.4. The van der Waals surface area contributed by atoms with E-state index in [0.717, 1.165) is 28.3 Å². The summed E-state index contributed by atoms with van der Waals surface area (Å²) in [5.74, 6) is 1.19. The van der Waals surface area contributed by atoms with Crippen molar-refractivity contribution in [1.29, 1.82) is 0 Å². The van der Waals surface area contributed by atoms with Crippen LogP contribution in [0.2, 0.25) is 0 Å². The van der Waals surface area contributed by atoms with Crippen LogP contribution in [0.3, 0.4) is 0 Å². The van der Waals surface area contributed by atoms with Crippen molar-refractivity contribution in [2.75, 3.05) is 39.2 Å². The molecule has 0 atom stereocenters. The van der Waals surface area contributed by atoms with Crippen molar-refractivity contribution in [3.05, 3.63) is 41.5 Å². The van der Waals surface area contributed by atoms with Gasteiger partial charge in [0.05, 0.1) is 25.1 Å². The van der Waals surface area contributed by atoms with Crippen molar-refractivity contribution in [2.45, 2.75) is 25.7 Å². The first-order chi connectivity index (χ1) is 13.5. The van der Waals surface area contributed by atoms with Gasteiger partial charge in [-0.05, 0) is 26.6 Å². The monoisotopic (exact) mass is 398 g/mol. The van der Waals surface area contributed by atoms with Gasteiger partial charge in [-0.25, -0.2) is 9.97 Å². The zero-order chi connectivity index (χ0) is 19.6. The van der Waals surface area contributed by atoms with Crippen molar-refractivity contribution in [1.82, 2.24) is 14.9 Å². The minimum atomic E-state index is -0.511. The molecule has 0 bridgehead atoms. The fourth-order valence-electron chi connectivity index (χ4n) is 3.41. The van der Waals surface area contributed by atoms with Crippen molar-refractivity contribution >= 4 is 27.4 Å². The lowest BCUT2D eigenvalue weighted by atomic mass is 10.1. The molecule has 1 aromatic carbocycles. The molecule has 1 N–H and O–H groups in total. The highest BCUT2D eigenvalue weighted by atomic mass is 32.1. The van der Waals surface area contributed by atoms with Gasteiger partial charge in [-0.3, -0.25) is 0 Å². The van der Waals surface area contributed by atoms with E-state index >= 15 is 0 Å². The molecule has 7 heteroatoms. The van der Waals surface area contributed by atoms with Gasteiger partial charge >= 0.3 is 0 Å². The lowest BCUT2D eigenvalue weighted by Crippen LogP contribution is -2.28. The van der Waals surface area contributed by atoms with Crippen LogP contribution in [0.4, 0.5) is 5.82 Å². The summed E-state index contributed by atoms with van der Waals surface area (Å²) in [6.07, 6.45) is 0.756. The molecule has 3 aromatic rings. The largest absolute Gasteiger partial charge is 0.369 e. The smallest absolute Gasteiger partial charge is 0.167 e. The van der Waals surface area contributed by atoms with Gasteiger partial charge in [0.2, 0.25) is 0 Å². The number of aromatic nitrogens is 2. The molecule has 1 saturated heterocycles. The lowest BCUT2D eigenvalue weighted by Gasteiger charge is -2.22. The molecule has 0 unspecified atom stereocenters. The summed E-state index contributed by atoms with van der Waals surface area (Å²) in [6.45, 7) is 4.73. The SMILES string of the molecule is CN(C)Cc1nc(NCCC2(C)OCCO2)c2c(-c3ccccc3)csc2n1. The second kappa shape index (κ2) is 8.13. The molecule has 0 aliphatic carbocycles. The van der Waals surface area contributed by atoms with E-state index in [1.54, 1.807) is 11.3 Å². The number of benzene rings is 1. The zero-order valence-electron chi connectivity index (χ0n) is 16.6.